The van der Waals surface area contributed by atoms with Gasteiger partial charge in [0.25, 0.3) is 0 Å². The van der Waals surface area contributed by atoms with Gasteiger partial charge in [-0.15, -0.1) is 12.4 Å². The highest BCUT2D eigenvalue weighted by molar-refractivity contribution is 5.87. The lowest BCUT2D eigenvalue weighted by Gasteiger charge is -2.36. The van der Waals surface area contributed by atoms with Gasteiger partial charge in [-0.3, -0.25) is 0 Å². The molecule has 2 aromatic rings. The smallest absolute Gasteiger partial charge is 0.0158 e. The van der Waals surface area contributed by atoms with Gasteiger partial charge in [0.1, 0.15) is 0 Å². The molecule has 0 amide bonds. The Morgan fingerprint density at radius 3 is 1.79 bits per heavy atom. The normalized spacial score (nSPS) is 14.1. The van der Waals surface area contributed by atoms with Gasteiger partial charge in [-0.1, -0.05) is 68.5 Å². The molecule has 0 spiro atoms. The Morgan fingerprint density at radius 2 is 1.33 bits per heavy atom. The van der Waals surface area contributed by atoms with E-state index in [-0.39, 0.29) is 23.3 Å². The van der Waals surface area contributed by atoms with Gasteiger partial charge >= 0.3 is 0 Å². The van der Waals surface area contributed by atoms with Crippen LogP contribution in [0.25, 0.3) is 5.57 Å². The minimum Gasteiger partial charge on any atom is -0.412 e. The molecule has 2 nitrogen and oxygen atoms in total. The summed E-state index contributed by atoms with van der Waals surface area (Å²) in [5.41, 5.74) is 7.11. The van der Waals surface area contributed by atoms with Crippen LogP contribution in [-0.4, -0.2) is 31.0 Å². The van der Waals surface area contributed by atoms with E-state index in [1.165, 1.54) is 27.8 Å². The molecule has 130 valence electrons. The fraction of sp³-hybridized carbons (Fsp3) is 0.333. The molecule has 0 heterocycles. The van der Waals surface area contributed by atoms with E-state index in [0.29, 0.717) is 0 Å². The van der Waals surface area contributed by atoms with Gasteiger partial charge in [-0.05, 0) is 48.3 Å². The Balaban J connectivity index is 0.00000144. The van der Waals surface area contributed by atoms with Crippen LogP contribution in [-0.2, 0) is 5.41 Å². The number of nitrogens with zero attached hydrogens (tertiary/aromatic N) is 1. The van der Waals surface area contributed by atoms with Crippen LogP contribution in [0.3, 0.4) is 0 Å². The van der Waals surface area contributed by atoms with Crippen LogP contribution in [0.5, 0.6) is 0 Å². The van der Waals surface area contributed by atoms with Crippen molar-refractivity contribution < 1.29 is 5.48 Å². The van der Waals surface area contributed by atoms with Crippen LogP contribution in [0.1, 0.15) is 42.5 Å². The zero-order chi connectivity index (χ0) is 15.7. The van der Waals surface area contributed by atoms with Crippen LogP contribution in [0, 0.1) is 0 Å². The second kappa shape index (κ2) is 7.98. The predicted octanol–water partition coefficient (Wildman–Crippen LogP) is 4.31. The molecular weight excluding hydrogens is 318 g/mol. The van der Waals surface area contributed by atoms with Crippen molar-refractivity contribution in [2.75, 3.05) is 20.6 Å². The third-order valence-electron chi connectivity index (χ3n) is 4.71. The molecule has 0 radical (unpaired) electrons. The number of halogens is 1. The first-order valence-corrected chi connectivity index (χ1v) is 8.06. The summed E-state index contributed by atoms with van der Waals surface area (Å²) in [6.07, 6.45) is 3.48. The first-order chi connectivity index (χ1) is 10.5. The summed E-state index contributed by atoms with van der Waals surface area (Å²) in [5, 5.41) is 0. The van der Waals surface area contributed by atoms with Gasteiger partial charge in [0.05, 0.1) is 0 Å². The third-order valence-corrected chi connectivity index (χ3v) is 4.71. The quantitative estimate of drug-likeness (QED) is 0.816. The van der Waals surface area contributed by atoms with Crippen LogP contribution in [0.2, 0.25) is 0 Å². The highest BCUT2D eigenvalue weighted by Gasteiger charge is 2.33. The Kier molecular flexibility index (Phi) is 6.79. The summed E-state index contributed by atoms with van der Waals surface area (Å²) < 4.78 is 0. The van der Waals surface area contributed by atoms with Gasteiger partial charge < -0.3 is 10.4 Å². The van der Waals surface area contributed by atoms with E-state index in [1.807, 2.05) is 0 Å². The van der Waals surface area contributed by atoms with Crippen molar-refractivity contribution in [3.8, 4) is 0 Å². The van der Waals surface area contributed by atoms with Crippen LogP contribution in [0.15, 0.2) is 54.6 Å². The Bertz CT molecular complexity index is 668. The SMILES string of the molecule is CN(C)CCC=C1c2ccccc2C(C)(C)c2ccccc21.Cl.O. The standard InChI is InChI=1S/C21H25N.ClH.H2O/c1-21(2)19-13-7-5-10-17(19)16(12-9-15-22(3)4)18-11-6-8-14-20(18)21;;/h5-8,10-14H,9,15H2,1-4H3;1H;1H2. The fourth-order valence-electron chi connectivity index (χ4n) is 3.50. The number of rotatable bonds is 3. The molecule has 0 fully saturated rings. The summed E-state index contributed by atoms with van der Waals surface area (Å²) in [5.74, 6) is 0. The average Bonchev–Trinajstić information content (AvgIpc) is 2.51. The van der Waals surface area contributed by atoms with E-state index in [9.17, 15) is 0 Å². The van der Waals surface area contributed by atoms with Crippen molar-refractivity contribution >= 4 is 18.0 Å². The van der Waals surface area contributed by atoms with Crippen molar-refractivity contribution in [1.29, 1.82) is 0 Å². The molecule has 0 aliphatic heterocycles. The summed E-state index contributed by atoms with van der Waals surface area (Å²) in [7, 11) is 4.26. The molecule has 0 bridgehead atoms. The maximum Gasteiger partial charge on any atom is 0.0158 e. The minimum atomic E-state index is 0. The maximum absolute atomic E-state index is 2.41. The number of benzene rings is 2. The molecule has 2 N–H and O–H groups in total. The van der Waals surface area contributed by atoms with E-state index < -0.39 is 0 Å². The van der Waals surface area contributed by atoms with Crippen molar-refractivity contribution in [2.24, 2.45) is 0 Å². The molecule has 3 heteroatoms. The zero-order valence-corrected chi connectivity index (χ0v) is 15.8. The summed E-state index contributed by atoms with van der Waals surface area (Å²) in [4.78, 5) is 2.24. The minimum absolute atomic E-state index is 0. The first kappa shape index (κ1) is 20.4. The molecule has 3 rings (SSSR count). The lowest BCUT2D eigenvalue weighted by molar-refractivity contribution is 0.417. The molecule has 0 aromatic heterocycles. The Hall–Kier alpha value is -1.61. The Labute approximate surface area is 151 Å². The van der Waals surface area contributed by atoms with Gasteiger partial charge in [0, 0.05) is 12.0 Å². The molecular formula is C21H28ClNO. The second-order valence-electron chi connectivity index (χ2n) is 6.93. The number of hydrogen-bond donors (Lipinski definition) is 0. The summed E-state index contributed by atoms with van der Waals surface area (Å²) in [6, 6.07) is 17.7. The third kappa shape index (κ3) is 3.56. The van der Waals surface area contributed by atoms with E-state index in [1.54, 1.807) is 0 Å². The molecule has 0 saturated heterocycles. The van der Waals surface area contributed by atoms with Crippen LogP contribution < -0.4 is 0 Å². The van der Waals surface area contributed by atoms with E-state index in [0.717, 1.165) is 13.0 Å². The van der Waals surface area contributed by atoms with Gasteiger partial charge in [-0.25, -0.2) is 0 Å². The topological polar surface area (TPSA) is 34.7 Å². The fourth-order valence-corrected chi connectivity index (χ4v) is 3.50. The van der Waals surface area contributed by atoms with E-state index in [2.05, 4.69) is 87.4 Å². The first-order valence-electron chi connectivity index (χ1n) is 8.06. The predicted molar refractivity (Wildman–Crippen MR) is 106 cm³/mol. The molecule has 1 aliphatic carbocycles. The van der Waals surface area contributed by atoms with Crippen LogP contribution in [0.4, 0.5) is 0 Å². The maximum atomic E-state index is 2.41. The molecule has 2 aromatic carbocycles. The van der Waals surface area contributed by atoms with Crippen molar-refractivity contribution in [2.45, 2.75) is 25.7 Å². The number of hydrogen-bond acceptors (Lipinski definition) is 1. The zero-order valence-electron chi connectivity index (χ0n) is 15.0. The van der Waals surface area contributed by atoms with E-state index >= 15 is 0 Å². The lowest BCUT2D eigenvalue weighted by atomic mass is 9.67. The summed E-state index contributed by atoms with van der Waals surface area (Å²) >= 11 is 0. The molecule has 0 unspecified atom stereocenters. The number of fused-ring (bicyclic) bond motifs is 2. The van der Waals surface area contributed by atoms with Gasteiger partial charge in [-0.2, -0.15) is 0 Å². The molecule has 0 atom stereocenters. The highest BCUT2D eigenvalue weighted by Crippen LogP contribution is 2.46. The van der Waals surface area contributed by atoms with Crippen molar-refractivity contribution in [1.82, 2.24) is 4.90 Å². The largest absolute Gasteiger partial charge is 0.412 e. The monoisotopic (exact) mass is 345 g/mol. The van der Waals surface area contributed by atoms with Crippen molar-refractivity contribution in [3.05, 3.63) is 76.9 Å². The molecule has 1 aliphatic rings. The van der Waals surface area contributed by atoms with Gasteiger partial charge in [0.2, 0.25) is 0 Å². The summed E-state index contributed by atoms with van der Waals surface area (Å²) in [6.45, 7) is 5.75. The van der Waals surface area contributed by atoms with E-state index in [4.69, 9.17) is 0 Å². The molecule has 0 saturated carbocycles. The molecule has 24 heavy (non-hydrogen) atoms. The van der Waals surface area contributed by atoms with Gasteiger partial charge in [0.15, 0.2) is 0 Å². The highest BCUT2D eigenvalue weighted by atomic mass is 35.5. The average molecular weight is 346 g/mol. The Morgan fingerprint density at radius 1 is 0.875 bits per heavy atom. The van der Waals surface area contributed by atoms with Crippen LogP contribution >= 0.6 is 12.4 Å². The lowest BCUT2D eigenvalue weighted by Crippen LogP contribution is -2.26. The van der Waals surface area contributed by atoms with Crippen molar-refractivity contribution in [3.63, 3.8) is 0 Å². The second-order valence-corrected chi connectivity index (χ2v) is 6.93.